The Hall–Kier alpha value is -2.67. The van der Waals surface area contributed by atoms with Gasteiger partial charge in [0.2, 0.25) is 11.8 Å². The Bertz CT molecular complexity index is 896. The van der Waals surface area contributed by atoms with Crippen LogP contribution in [0.3, 0.4) is 0 Å². The number of benzene rings is 2. The lowest BCUT2D eigenvalue weighted by molar-refractivity contribution is -0.116. The molecule has 0 spiro atoms. The van der Waals surface area contributed by atoms with Crippen molar-refractivity contribution in [2.45, 2.75) is 38.9 Å². The zero-order chi connectivity index (χ0) is 21.5. The second kappa shape index (κ2) is 10.4. The quantitative estimate of drug-likeness (QED) is 0.603. The Kier molecular flexibility index (Phi) is 7.63. The first-order valence-electron chi connectivity index (χ1n) is 10.1. The predicted octanol–water partition coefficient (Wildman–Crippen LogP) is 4.55. The summed E-state index contributed by atoms with van der Waals surface area (Å²) in [7, 11) is 0. The maximum Gasteiger partial charge on any atom is 0.237 e. The summed E-state index contributed by atoms with van der Waals surface area (Å²) < 4.78 is 11.0. The number of para-hydroxylation sites is 1. The lowest BCUT2D eigenvalue weighted by Gasteiger charge is -2.19. The molecule has 0 saturated heterocycles. The van der Waals surface area contributed by atoms with Gasteiger partial charge in [0.25, 0.3) is 0 Å². The van der Waals surface area contributed by atoms with Crippen LogP contribution >= 0.6 is 11.8 Å². The molecule has 3 rings (SSSR count). The molecule has 30 heavy (non-hydrogen) atoms. The van der Waals surface area contributed by atoms with Crippen LogP contribution in [-0.4, -0.2) is 36.0 Å². The Morgan fingerprint density at radius 1 is 1.03 bits per heavy atom. The van der Waals surface area contributed by atoms with Gasteiger partial charge in [-0.25, -0.2) is 0 Å². The fourth-order valence-electron chi connectivity index (χ4n) is 3.15. The van der Waals surface area contributed by atoms with Crippen molar-refractivity contribution in [3.05, 3.63) is 47.5 Å². The summed E-state index contributed by atoms with van der Waals surface area (Å²) in [6, 6.07) is 11.3. The molecule has 7 heteroatoms. The van der Waals surface area contributed by atoms with Crippen molar-refractivity contribution in [3.63, 3.8) is 0 Å². The van der Waals surface area contributed by atoms with E-state index < -0.39 is 0 Å². The van der Waals surface area contributed by atoms with Gasteiger partial charge in [0.1, 0.15) is 13.2 Å². The molecule has 0 aliphatic carbocycles. The number of ether oxygens (including phenoxy) is 2. The van der Waals surface area contributed by atoms with Crippen LogP contribution in [0.15, 0.2) is 36.4 Å². The maximum absolute atomic E-state index is 12.4. The van der Waals surface area contributed by atoms with Crippen molar-refractivity contribution in [2.24, 2.45) is 0 Å². The number of aryl methyl sites for hydroxylation is 2. The molecule has 1 heterocycles. The van der Waals surface area contributed by atoms with Gasteiger partial charge in [-0.05, 0) is 56.2 Å². The molecule has 1 aliphatic heterocycles. The molecule has 0 bridgehead atoms. The lowest BCUT2D eigenvalue weighted by Crippen LogP contribution is -2.23. The molecule has 0 unspecified atom stereocenters. The van der Waals surface area contributed by atoms with Gasteiger partial charge in [-0.15, -0.1) is 11.8 Å². The number of fused-ring (bicyclic) bond motifs is 1. The molecule has 160 valence electrons. The van der Waals surface area contributed by atoms with E-state index in [1.54, 1.807) is 18.2 Å². The minimum atomic E-state index is -0.222. The molecule has 2 N–H and O–H groups in total. The predicted molar refractivity (Wildman–Crippen MR) is 122 cm³/mol. The molecule has 1 atom stereocenters. The van der Waals surface area contributed by atoms with Gasteiger partial charge in [-0.3, -0.25) is 9.59 Å². The summed E-state index contributed by atoms with van der Waals surface area (Å²) in [6.07, 6.45) is 1.14. The van der Waals surface area contributed by atoms with Gasteiger partial charge in [-0.1, -0.05) is 18.2 Å². The number of anilines is 2. The van der Waals surface area contributed by atoms with Crippen molar-refractivity contribution >= 4 is 35.0 Å². The first kappa shape index (κ1) is 22.0. The first-order chi connectivity index (χ1) is 14.4. The largest absolute Gasteiger partial charge is 0.486 e. The SMILES string of the molecule is Cc1cccc(C)c1NC(=O)CCCS[C@H](C)C(=O)Nc1ccc2c(c1)OCCO2. The lowest BCUT2D eigenvalue weighted by atomic mass is 10.1. The summed E-state index contributed by atoms with van der Waals surface area (Å²) in [5.74, 6) is 2.00. The molecule has 0 radical (unpaired) electrons. The van der Waals surface area contributed by atoms with Gasteiger partial charge < -0.3 is 20.1 Å². The highest BCUT2D eigenvalue weighted by atomic mass is 32.2. The van der Waals surface area contributed by atoms with Crippen molar-refractivity contribution in [2.75, 3.05) is 29.6 Å². The highest BCUT2D eigenvalue weighted by molar-refractivity contribution is 8.00. The van der Waals surface area contributed by atoms with Crippen LogP contribution in [0.4, 0.5) is 11.4 Å². The van der Waals surface area contributed by atoms with E-state index in [0.717, 1.165) is 22.6 Å². The maximum atomic E-state index is 12.4. The average Bonchev–Trinajstić information content (AvgIpc) is 2.73. The van der Waals surface area contributed by atoms with Crippen LogP contribution in [0.25, 0.3) is 0 Å². The zero-order valence-corrected chi connectivity index (χ0v) is 18.4. The second-order valence-corrected chi connectivity index (χ2v) is 8.73. The van der Waals surface area contributed by atoms with E-state index in [9.17, 15) is 9.59 Å². The smallest absolute Gasteiger partial charge is 0.237 e. The van der Waals surface area contributed by atoms with E-state index in [1.165, 1.54) is 11.8 Å². The second-order valence-electron chi connectivity index (χ2n) is 7.28. The first-order valence-corrected chi connectivity index (χ1v) is 11.2. The number of carbonyl (C=O) groups is 2. The number of hydrogen-bond donors (Lipinski definition) is 2. The van der Waals surface area contributed by atoms with Crippen molar-refractivity contribution in [1.82, 2.24) is 0 Å². The molecular formula is C23H28N2O4S. The molecular weight excluding hydrogens is 400 g/mol. The van der Waals surface area contributed by atoms with Gasteiger partial charge in [0.15, 0.2) is 11.5 Å². The van der Waals surface area contributed by atoms with Crippen LogP contribution in [-0.2, 0) is 9.59 Å². The molecule has 2 aromatic carbocycles. The number of thioether (sulfide) groups is 1. The minimum absolute atomic E-state index is 0.00128. The van der Waals surface area contributed by atoms with Crippen LogP contribution in [0.5, 0.6) is 11.5 Å². The van der Waals surface area contributed by atoms with Crippen LogP contribution in [0.2, 0.25) is 0 Å². The monoisotopic (exact) mass is 428 g/mol. The normalized spacial score (nSPS) is 13.4. The van der Waals surface area contributed by atoms with Crippen LogP contribution in [0.1, 0.15) is 30.9 Å². The van der Waals surface area contributed by atoms with E-state index in [4.69, 9.17) is 9.47 Å². The van der Waals surface area contributed by atoms with Crippen molar-refractivity contribution in [3.8, 4) is 11.5 Å². The van der Waals surface area contributed by atoms with E-state index >= 15 is 0 Å². The third-order valence-electron chi connectivity index (χ3n) is 4.84. The number of nitrogens with one attached hydrogen (secondary N) is 2. The molecule has 2 amide bonds. The fraction of sp³-hybridized carbons (Fsp3) is 0.391. The Morgan fingerprint density at radius 3 is 2.47 bits per heavy atom. The standard InChI is InChI=1S/C23H28N2O4S/c1-15-6-4-7-16(2)22(15)25-21(26)8-5-13-30-17(3)23(27)24-18-9-10-19-20(14-18)29-12-11-28-19/h4,6-7,9-10,14,17H,5,8,11-13H2,1-3H3,(H,24,27)(H,25,26)/t17-/m1/s1. The molecule has 0 fully saturated rings. The number of rotatable bonds is 8. The van der Waals surface area contributed by atoms with Gasteiger partial charge in [0, 0.05) is 23.9 Å². The van der Waals surface area contributed by atoms with Gasteiger partial charge >= 0.3 is 0 Å². The van der Waals surface area contributed by atoms with Crippen molar-refractivity contribution in [1.29, 1.82) is 0 Å². The summed E-state index contributed by atoms with van der Waals surface area (Å²) >= 11 is 1.54. The van der Waals surface area contributed by atoms with E-state index in [2.05, 4.69) is 10.6 Å². The number of amides is 2. The summed E-state index contributed by atoms with van der Waals surface area (Å²) in [4.78, 5) is 24.7. The van der Waals surface area contributed by atoms with E-state index in [-0.39, 0.29) is 17.1 Å². The number of carbonyl (C=O) groups excluding carboxylic acids is 2. The summed E-state index contributed by atoms with van der Waals surface area (Å²) in [6.45, 7) is 6.89. The summed E-state index contributed by atoms with van der Waals surface area (Å²) in [5.41, 5.74) is 3.69. The Balaban J connectivity index is 1.39. The molecule has 0 saturated carbocycles. The van der Waals surface area contributed by atoms with E-state index in [1.807, 2.05) is 39.0 Å². The Morgan fingerprint density at radius 2 is 1.73 bits per heavy atom. The van der Waals surface area contributed by atoms with Crippen molar-refractivity contribution < 1.29 is 19.1 Å². The minimum Gasteiger partial charge on any atom is -0.486 e. The molecule has 2 aromatic rings. The van der Waals surface area contributed by atoms with Crippen LogP contribution < -0.4 is 20.1 Å². The summed E-state index contributed by atoms with van der Waals surface area (Å²) in [5, 5.41) is 5.69. The molecule has 1 aliphatic rings. The van der Waals surface area contributed by atoms with E-state index in [0.29, 0.717) is 43.2 Å². The fourth-order valence-corrected chi connectivity index (χ4v) is 4.02. The third-order valence-corrected chi connectivity index (χ3v) is 6.08. The van der Waals surface area contributed by atoms with Gasteiger partial charge in [0.05, 0.1) is 5.25 Å². The molecule has 0 aromatic heterocycles. The number of hydrogen-bond acceptors (Lipinski definition) is 5. The highest BCUT2D eigenvalue weighted by Crippen LogP contribution is 2.32. The average molecular weight is 429 g/mol. The van der Waals surface area contributed by atoms with Gasteiger partial charge in [-0.2, -0.15) is 0 Å². The topological polar surface area (TPSA) is 76.7 Å². The zero-order valence-electron chi connectivity index (χ0n) is 17.6. The van der Waals surface area contributed by atoms with Crippen LogP contribution in [0, 0.1) is 13.8 Å². The third kappa shape index (κ3) is 5.92. The Labute approximate surface area is 181 Å². The molecule has 6 nitrogen and oxygen atoms in total. The highest BCUT2D eigenvalue weighted by Gasteiger charge is 2.16.